The average molecular weight is 602 g/mol. The zero-order valence-electron chi connectivity index (χ0n) is 22.3. The molecule has 1 saturated heterocycles. The van der Waals surface area contributed by atoms with Gasteiger partial charge in [0.1, 0.15) is 28.0 Å². The number of halogens is 2. The number of nitrogens with one attached hydrogen (secondary N) is 1. The van der Waals surface area contributed by atoms with E-state index >= 15 is 0 Å². The van der Waals surface area contributed by atoms with Crippen molar-refractivity contribution in [2.45, 2.75) is 23.8 Å². The van der Waals surface area contributed by atoms with Crippen LogP contribution in [0.4, 0.5) is 8.78 Å². The Morgan fingerprint density at radius 1 is 1.18 bits per heavy atom. The molecule has 1 unspecified atom stereocenters. The molecule has 40 heavy (non-hydrogen) atoms. The number of carbonyl (C=O) groups is 1. The number of carbonyl (C=O) groups excluding carboxylic acids is 1. The SMILES string of the molecule is CN1CC(O)CNS(=O)(=O)c2ccc(-c3ccc(F)cc3F)cc2OCC2(CCN(C(=O)CS(C)(=O)=O)CC2)C1. The van der Waals surface area contributed by atoms with Gasteiger partial charge in [-0.05, 0) is 49.7 Å². The third kappa shape index (κ3) is 7.35. The summed E-state index contributed by atoms with van der Waals surface area (Å²) in [5.74, 6) is -2.67. The molecule has 1 atom stereocenters. The van der Waals surface area contributed by atoms with Gasteiger partial charge in [0, 0.05) is 56.0 Å². The Labute approximate surface area is 232 Å². The van der Waals surface area contributed by atoms with Crippen molar-refractivity contribution >= 4 is 25.8 Å². The summed E-state index contributed by atoms with van der Waals surface area (Å²) >= 11 is 0. The van der Waals surface area contributed by atoms with E-state index < -0.39 is 54.7 Å². The smallest absolute Gasteiger partial charge is 0.244 e. The number of nitrogens with zero attached hydrogens (tertiary/aromatic N) is 2. The minimum Gasteiger partial charge on any atom is -0.492 e. The highest BCUT2D eigenvalue weighted by Crippen LogP contribution is 2.37. The van der Waals surface area contributed by atoms with Gasteiger partial charge >= 0.3 is 0 Å². The Kier molecular flexibility index (Phi) is 8.85. The maximum Gasteiger partial charge on any atom is 0.244 e. The summed E-state index contributed by atoms with van der Waals surface area (Å²) in [6.07, 6.45) is 0.874. The normalized spacial score (nSPS) is 22.0. The maximum absolute atomic E-state index is 14.5. The Balaban J connectivity index is 1.68. The fraction of sp³-hybridized carbons (Fsp3) is 0.500. The molecule has 4 rings (SSSR count). The molecule has 2 aromatic carbocycles. The van der Waals surface area contributed by atoms with Crippen LogP contribution in [0.3, 0.4) is 0 Å². The van der Waals surface area contributed by atoms with Crippen LogP contribution in [0.2, 0.25) is 0 Å². The van der Waals surface area contributed by atoms with Crippen molar-refractivity contribution in [3.63, 3.8) is 0 Å². The summed E-state index contributed by atoms with van der Waals surface area (Å²) in [6.45, 7) is 0.979. The van der Waals surface area contributed by atoms with Gasteiger partial charge in [-0.15, -0.1) is 0 Å². The molecular formula is C26H33F2N3O7S2. The van der Waals surface area contributed by atoms with Crippen molar-refractivity contribution in [3.8, 4) is 16.9 Å². The van der Waals surface area contributed by atoms with Crippen molar-refractivity contribution in [3.05, 3.63) is 48.0 Å². The molecule has 0 bridgehead atoms. The van der Waals surface area contributed by atoms with Crippen molar-refractivity contribution < 1.29 is 40.3 Å². The first-order valence-corrected chi connectivity index (χ1v) is 16.2. The number of aliphatic hydroxyl groups is 1. The third-order valence-corrected chi connectivity index (χ3v) is 9.44. The highest BCUT2D eigenvalue weighted by Gasteiger charge is 2.39. The number of benzene rings is 2. The van der Waals surface area contributed by atoms with Crippen LogP contribution in [-0.4, -0.2) is 102 Å². The molecule has 1 amide bonds. The van der Waals surface area contributed by atoms with Gasteiger partial charge in [-0.2, -0.15) is 0 Å². The van der Waals surface area contributed by atoms with Crippen molar-refractivity contribution in [1.82, 2.24) is 14.5 Å². The molecule has 10 nitrogen and oxygen atoms in total. The predicted octanol–water partition coefficient (Wildman–Crippen LogP) is 1.25. The van der Waals surface area contributed by atoms with E-state index in [0.717, 1.165) is 18.4 Å². The Morgan fingerprint density at radius 2 is 1.88 bits per heavy atom. The van der Waals surface area contributed by atoms with E-state index in [2.05, 4.69) is 4.72 Å². The van der Waals surface area contributed by atoms with E-state index in [0.29, 0.717) is 19.4 Å². The first-order valence-electron chi connectivity index (χ1n) is 12.7. The minimum atomic E-state index is -4.13. The number of likely N-dealkylation sites (tertiary alicyclic amines) is 1. The van der Waals surface area contributed by atoms with Crippen LogP contribution in [0.1, 0.15) is 12.8 Å². The summed E-state index contributed by atoms with van der Waals surface area (Å²) < 4.78 is 86.1. The molecule has 14 heteroatoms. The molecule has 0 aromatic heterocycles. The van der Waals surface area contributed by atoms with Gasteiger partial charge in [0.25, 0.3) is 0 Å². The van der Waals surface area contributed by atoms with Crippen LogP contribution >= 0.6 is 0 Å². The number of hydrogen-bond acceptors (Lipinski definition) is 8. The molecule has 0 aliphatic carbocycles. The van der Waals surface area contributed by atoms with E-state index in [-0.39, 0.29) is 54.6 Å². The van der Waals surface area contributed by atoms with Gasteiger partial charge in [-0.1, -0.05) is 6.07 Å². The second-order valence-corrected chi connectivity index (χ2v) is 14.6. The number of sulfone groups is 1. The van der Waals surface area contributed by atoms with Crippen LogP contribution in [0, 0.1) is 17.0 Å². The lowest BCUT2D eigenvalue weighted by molar-refractivity contribution is -0.131. The number of hydrogen-bond donors (Lipinski definition) is 2. The number of sulfonamides is 1. The quantitative estimate of drug-likeness (QED) is 0.537. The highest BCUT2D eigenvalue weighted by molar-refractivity contribution is 7.91. The molecule has 2 aromatic rings. The van der Waals surface area contributed by atoms with Gasteiger partial charge in [0.2, 0.25) is 15.9 Å². The van der Waals surface area contributed by atoms with Crippen LogP contribution < -0.4 is 9.46 Å². The van der Waals surface area contributed by atoms with Gasteiger partial charge in [0.15, 0.2) is 9.84 Å². The standard InChI is InChI=1S/C26H33F2N3O7S2/c1-30-14-20(32)13-29-40(36,37)24-6-3-18(21-5-4-19(27)12-22(21)28)11-23(24)38-17-26(16-30)7-9-31(10-8-26)25(33)15-39(2,34)35/h3-6,11-12,20,29,32H,7-10,13-17H2,1-2H3. The van der Waals surface area contributed by atoms with E-state index in [1.807, 2.05) is 4.90 Å². The lowest BCUT2D eigenvalue weighted by Gasteiger charge is -2.44. The molecule has 1 fully saturated rings. The van der Waals surface area contributed by atoms with Crippen LogP contribution in [0.5, 0.6) is 5.75 Å². The molecule has 2 aliphatic heterocycles. The minimum absolute atomic E-state index is 0.0404. The second-order valence-electron chi connectivity index (χ2n) is 10.7. The van der Waals surface area contributed by atoms with E-state index in [1.54, 1.807) is 7.05 Å². The van der Waals surface area contributed by atoms with E-state index in [1.165, 1.54) is 29.2 Å². The molecule has 0 radical (unpaired) electrons. The Morgan fingerprint density at radius 3 is 2.52 bits per heavy atom. The first-order chi connectivity index (χ1) is 18.7. The number of ether oxygens (including phenoxy) is 1. The summed E-state index contributed by atoms with van der Waals surface area (Å²) in [6, 6.07) is 7.15. The van der Waals surface area contributed by atoms with E-state index in [4.69, 9.17) is 4.74 Å². The topological polar surface area (TPSA) is 133 Å². The number of likely N-dealkylation sites (N-methyl/N-ethyl adjacent to an activating group) is 1. The summed E-state index contributed by atoms with van der Waals surface area (Å²) in [4.78, 5) is 15.7. The highest BCUT2D eigenvalue weighted by atomic mass is 32.2. The van der Waals surface area contributed by atoms with Gasteiger partial charge in [0.05, 0.1) is 12.7 Å². The van der Waals surface area contributed by atoms with Gasteiger partial charge < -0.3 is 19.6 Å². The third-order valence-electron chi connectivity index (χ3n) is 7.21. The summed E-state index contributed by atoms with van der Waals surface area (Å²) in [5, 5.41) is 10.5. The van der Waals surface area contributed by atoms with E-state index in [9.17, 15) is 35.5 Å². The molecule has 0 saturated carbocycles. The molecule has 2 aliphatic rings. The molecule has 1 spiro atoms. The molecule has 220 valence electrons. The second kappa shape index (κ2) is 11.7. The summed E-state index contributed by atoms with van der Waals surface area (Å²) in [7, 11) is -5.83. The van der Waals surface area contributed by atoms with Crippen LogP contribution in [0.15, 0.2) is 41.3 Å². The number of aliphatic hydroxyl groups excluding tert-OH is 1. The van der Waals surface area contributed by atoms with Crippen molar-refractivity contribution in [2.24, 2.45) is 5.41 Å². The summed E-state index contributed by atoms with van der Waals surface area (Å²) in [5.41, 5.74) is -0.223. The van der Waals surface area contributed by atoms with Crippen molar-refractivity contribution in [1.29, 1.82) is 0 Å². The van der Waals surface area contributed by atoms with Crippen LogP contribution in [0.25, 0.3) is 11.1 Å². The Hall–Kier alpha value is -2.65. The molecular weight excluding hydrogens is 568 g/mol. The van der Waals surface area contributed by atoms with Crippen molar-refractivity contribution in [2.75, 3.05) is 58.4 Å². The number of fused-ring (bicyclic) bond motifs is 1. The lowest BCUT2D eigenvalue weighted by atomic mass is 9.78. The zero-order valence-corrected chi connectivity index (χ0v) is 23.9. The van der Waals surface area contributed by atoms with Gasteiger partial charge in [-0.25, -0.2) is 30.3 Å². The maximum atomic E-state index is 14.5. The number of β-amino-alcohol motifs (C(OH)–C–C–N with tert-alkyl or cyclic N) is 1. The monoisotopic (exact) mass is 601 g/mol. The fourth-order valence-electron chi connectivity index (χ4n) is 5.20. The first kappa shape index (κ1) is 30.3. The average Bonchev–Trinajstić information content (AvgIpc) is 2.85. The zero-order chi connectivity index (χ0) is 29.3. The number of amides is 1. The number of piperidine rings is 1. The fourth-order valence-corrected chi connectivity index (χ4v) is 7.03. The number of rotatable bonds is 3. The Bertz CT molecular complexity index is 1480. The largest absolute Gasteiger partial charge is 0.492 e. The predicted molar refractivity (Wildman–Crippen MR) is 144 cm³/mol. The lowest BCUT2D eigenvalue weighted by Crippen LogP contribution is -2.52. The van der Waals surface area contributed by atoms with Gasteiger partial charge in [-0.3, -0.25) is 4.79 Å². The van der Waals surface area contributed by atoms with Crippen LogP contribution in [-0.2, 0) is 24.7 Å². The molecule has 2 heterocycles. The molecule has 2 N–H and O–H groups in total.